The van der Waals surface area contributed by atoms with Crippen LogP contribution in [0.4, 0.5) is 0 Å². The summed E-state index contributed by atoms with van der Waals surface area (Å²) in [6, 6.07) is 0. The van der Waals surface area contributed by atoms with Crippen molar-refractivity contribution in [1.29, 1.82) is 0 Å². The molecule has 1 aliphatic rings. The molecule has 6 heteroatoms. The van der Waals surface area contributed by atoms with Crippen LogP contribution in [-0.2, 0) is 17.9 Å². The number of carbonyl (C=O) groups is 1. The smallest absolute Gasteiger partial charge is 0.224 e. The van der Waals surface area contributed by atoms with Crippen LogP contribution in [0.1, 0.15) is 19.2 Å². The van der Waals surface area contributed by atoms with Crippen molar-refractivity contribution in [2.75, 3.05) is 19.6 Å². The Hall–Kier alpha value is -1.43. The maximum Gasteiger partial charge on any atom is 0.224 e. The second kappa shape index (κ2) is 5.07. The van der Waals surface area contributed by atoms with Gasteiger partial charge in [0.25, 0.3) is 0 Å². The van der Waals surface area contributed by atoms with E-state index in [1.54, 1.807) is 6.33 Å². The Bertz CT molecular complexity index is 362. The van der Waals surface area contributed by atoms with Gasteiger partial charge in [-0.05, 0) is 6.54 Å². The molecular weight excluding hydrogens is 206 g/mol. The van der Waals surface area contributed by atoms with Crippen molar-refractivity contribution >= 4 is 5.91 Å². The van der Waals surface area contributed by atoms with E-state index in [4.69, 9.17) is 0 Å². The summed E-state index contributed by atoms with van der Waals surface area (Å²) in [6.07, 6.45) is 2.28. The molecule has 0 unspecified atom stereocenters. The average molecular weight is 223 g/mol. The third-order valence-electron chi connectivity index (χ3n) is 2.76. The summed E-state index contributed by atoms with van der Waals surface area (Å²) in [5.41, 5.74) is 0. The molecule has 6 nitrogen and oxygen atoms in total. The number of hydrogen-bond donors (Lipinski definition) is 1. The summed E-state index contributed by atoms with van der Waals surface area (Å²) >= 11 is 0. The van der Waals surface area contributed by atoms with Gasteiger partial charge in [-0.3, -0.25) is 4.79 Å². The zero-order chi connectivity index (χ0) is 11.4. The number of rotatable bonds is 4. The van der Waals surface area contributed by atoms with E-state index >= 15 is 0 Å². The Labute approximate surface area is 94.6 Å². The molecule has 0 radical (unpaired) electrons. The predicted molar refractivity (Wildman–Crippen MR) is 58.6 cm³/mol. The minimum Gasteiger partial charge on any atom is -0.333 e. The van der Waals surface area contributed by atoms with Gasteiger partial charge in [-0.25, -0.2) is 0 Å². The first kappa shape index (κ1) is 11.1. The second-order valence-corrected chi connectivity index (χ2v) is 3.86. The molecule has 88 valence electrons. The van der Waals surface area contributed by atoms with Crippen LogP contribution in [0.3, 0.4) is 0 Å². The van der Waals surface area contributed by atoms with Crippen LogP contribution < -0.4 is 5.32 Å². The number of carbonyl (C=O) groups excluding carboxylic acids is 1. The second-order valence-electron chi connectivity index (χ2n) is 3.86. The molecule has 1 aromatic rings. The maximum absolute atomic E-state index is 11.8. The lowest BCUT2D eigenvalue weighted by atomic mass is 10.3. The predicted octanol–water partition coefficient (Wildman–Crippen LogP) is -0.380. The lowest BCUT2D eigenvalue weighted by molar-refractivity contribution is -0.132. The quantitative estimate of drug-likeness (QED) is 0.707. The Morgan fingerprint density at radius 1 is 1.56 bits per heavy atom. The van der Waals surface area contributed by atoms with Gasteiger partial charge in [-0.15, -0.1) is 10.2 Å². The number of nitrogens with zero attached hydrogens (tertiary/aromatic N) is 4. The summed E-state index contributed by atoms with van der Waals surface area (Å²) in [6.45, 7) is 5.84. The lowest BCUT2D eigenvalue weighted by Gasteiger charge is -2.27. The fourth-order valence-corrected chi connectivity index (χ4v) is 1.81. The fraction of sp³-hybridized carbons (Fsp3) is 0.700. The Morgan fingerprint density at radius 2 is 2.44 bits per heavy atom. The van der Waals surface area contributed by atoms with E-state index in [2.05, 4.69) is 15.5 Å². The van der Waals surface area contributed by atoms with Crippen molar-refractivity contribution in [3.63, 3.8) is 0 Å². The van der Waals surface area contributed by atoms with Crippen molar-refractivity contribution in [3.05, 3.63) is 12.2 Å². The monoisotopic (exact) mass is 223 g/mol. The molecule has 0 atom stereocenters. The average Bonchev–Trinajstić information content (AvgIpc) is 2.76. The molecule has 1 amide bonds. The van der Waals surface area contributed by atoms with Gasteiger partial charge in [0.05, 0.1) is 6.54 Å². The van der Waals surface area contributed by atoms with Gasteiger partial charge >= 0.3 is 0 Å². The largest absolute Gasteiger partial charge is 0.333 e. The molecule has 0 aliphatic carbocycles. The van der Waals surface area contributed by atoms with Crippen LogP contribution in [0.2, 0.25) is 0 Å². The molecule has 2 heterocycles. The molecule has 0 fully saturated rings. The van der Waals surface area contributed by atoms with Crippen LogP contribution >= 0.6 is 0 Å². The van der Waals surface area contributed by atoms with Gasteiger partial charge in [0.1, 0.15) is 6.33 Å². The molecule has 16 heavy (non-hydrogen) atoms. The third kappa shape index (κ3) is 2.38. The minimum absolute atomic E-state index is 0.190. The van der Waals surface area contributed by atoms with Crippen LogP contribution in [0.5, 0.6) is 0 Å². The molecule has 0 saturated heterocycles. The van der Waals surface area contributed by atoms with Crippen molar-refractivity contribution < 1.29 is 4.79 Å². The summed E-state index contributed by atoms with van der Waals surface area (Å²) in [5.74, 6) is 1.07. The highest BCUT2D eigenvalue weighted by molar-refractivity contribution is 5.76. The number of hydrogen-bond acceptors (Lipinski definition) is 4. The van der Waals surface area contributed by atoms with Gasteiger partial charge in [-0.2, -0.15) is 0 Å². The van der Waals surface area contributed by atoms with E-state index in [0.717, 1.165) is 32.0 Å². The highest BCUT2D eigenvalue weighted by Crippen LogP contribution is 2.09. The number of aromatic nitrogens is 3. The number of fused-ring (bicyclic) bond motifs is 1. The summed E-state index contributed by atoms with van der Waals surface area (Å²) in [5, 5.41) is 11.0. The third-order valence-corrected chi connectivity index (χ3v) is 2.76. The standard InChI is InChI=1S/C10H17N5O/c1-2-11-4-3-10(16)14-5-6-15-8-12-13-9(15)7-14/h8,11H,2-7H2,1H3. The van der Waals surface area contributed by atoms with Gasteiger partial charge in [-0.1, -0.05) is 6.92 Å². The minimum atomic E-state index is 0.190. The van der Waals surface area contributed by atoms with Gasteiger partial charge < -0.3 is 14.8 Å². The van der Waals surface area contributed by atoms with Gasteiger partial charge in [0.2, 0.25) is 5.91 Å². The van der Waals surface area contributed by atoms with Crippen molar-refractivity contribution in [2.24, 2.45) is 0 Å². The van der Waals surface area contributed by atoms with E-state index in [1.807, 2.05) is 16.4 Å². The number of nitrogens with one attached hydrogen (secondary N) is 1. The molecule has 1 aromatic heterocycles. The maximum atomic E-state index is 11.8. The fourth-order valence-electron chi connectivity index (χ4n) is 1.81. The summed E-state index contributed by atoms with van der Waals surface area (Å²) in [4.78, 5) is 13.7. The van der Waals surface area contributed by atoms with E-state index in [0.29, 0.717) is 13.0 Å². The Morgan fingerprint density at radius 3 is 3.25 bits per heavy atom. The topological polar surface area (TPSA) is 63.1 Å². The van der Waals surface area contributed by atoms with Crippen molar-refractivity contribution in [3.8, 4) is 0 Å². The van der Waals surface area contributed by atoms with Crippen molar-refractivity contribution in [2.45, 2.75) is 26.4 Å². The van der Waals surface area contributed by atoms with E-state index in [1.165, 1.54) is 0 Å². The first-order chi connectivity index (χ1) is 7.81. The van der Waals surface area contributed by atoms with E-state index in [-0.39, 0.29) is 5.91 Å². The molecule has 0 spiro atoms. The first-order valence-corrected chi connectivity index (χ1v) is 5.66. The van der Waals surface area contributed by atoms with Crippen LogP contribution in [0.25, 0.3) is 0 Å². The molecule has 2 rings (SSSR count). The van der Waals surface area contributed by atoms with Gasteiger partial charge in [0.15, 0.2) is 5.82 Å². The molecule has 0 saturated carbocycles. The van der Waals surface area contributed by atoms with E-state index in [9.17, 15) is 4.79 Å². The molecule has 0 aromatic carbocycles. The van der Waals surface area contributed by atoms with Crippen LogP contribution in [0.15, 0.2) is 6.33 Å². The summed E-state index contributed by atoms with van der Waals surface area (Å²) in [7, 11) is 0. The zero-order valence-electron chi connectivity index (χ0n) is 9.52. The molecule has 0 bridgehead atoms. The van der Waals surface area contributed by atoms with E-state index < -0.39 is 0 Å². The zero-order valence-corrected chi connectivity index (χ0v) is 9.52. The Kier molecular flexibility index (Phi) is 3.51. The number of amides is 1. The normalized spacial score (nSPS) is 14.9. The van der Waals surface area contributed by atoms with Crippen LogP contribution in [-0.4, -0.2) is 45.2 Å². The van der Waals surface area contributed by atoms with Crippen molar-refractivity contribution in [1.82, 2.24) is 25.0 Å². The lowest BCUT2D eigenvalue weighted by Crippen LogP contribution is -2.39. The molecule has 1 aliphatic heterocycles. The highest BCUT2D eigenvalue weighted by atomic mass is 16.2. The summed E-state index contributed by atoms with van der Waals surface area (Å²) < 4.78 is 1.99. The van der Waals surface area contributed by atoms with Crippen LogP contribution in [0, 0.1) is 0 Å². The molecular formula is C10H17N5O. The molecule has 1 N–H and O–H groups in total. The SMILES string of the molecule is CCNCCC(=O)N1CCn2cnnc2C1. The Balaban J connectivity index is 1.86. The highest BCUT2D eigenvalue weighted by Gasteiger charge is 2.20. The van der Waals surface area contributed by atoms with Gasteiger partial charge in [0, 0.05) is 26.1 Å². The first-order valence-electron chi connectivity index (χ1n) is 5.66.